The Balaban J connectivity index is 1.86. The lowest BCUT2D eigenvalue weighted by atomic mass is 10.2. The summed E-state index contributed by atoms with van der Waals surface area (Å²) in [6.07, 6.45) is 1.79. The van der Waals surface area contributed by atoms with Crippen molar-refractivity contribution < 1.29 is 4.79 Å². The van der Waals surface area contributed by atoms with Gasteiger partial charge >= 0.3 is 0 Å². The Morgan fingerprint density at radius 3 is 3.00 bits per heavy atom. The molecule has 1 atom stereocenters. The third kappa shape index (κ3) is 2.68. The van der Waals surface area contributed by atoms with Gasteiger partial charge in [0, 0.05) is 24.0 Å². The van der Waals surface area contributed by atoms with Gasteiger partial charge < -0.3 is 5.32 Å². The van der Waals surface area contributed by atoms with Gasteiger partial charge in [0.2, 0.25) is 0 Å². The molecule has 1 unspecified atom stereocenters. The molecule has 0 aliphatic carbocycles. The number of thiazole rings is 1. The van der Waals surface area contributed by atoms with Crippen molar-refractivity contribution in [3.8, 4) is 0 Å². The molecule has 3 nitrogen and oxygen atoms in total. The average Bonchev–Trinajstić information content (AvgIpc) is 2.95. The quantitative estimate of drug-likeness (QED) is 0.909. The number of nitrogens with zero attached hydrogens (tertiary/aromatic N) is 1. The molecule has 0 saturated carbocycles. The summed E-state index contributed by atoms with van der Waals surface area (Å²) in [6, 6.07) is 3.71. The molecule has 0 aliphatic heterocycles. The molecule has 0 aromatic carbocycles. The standard InChI is InChI=1S/C11H12N2OS2/c1-8(11-12-4-6-16-11)7-13-10(14)9-3-2-5-15-9/h2-6,8H,7H2,1H3,(H,13,14). The van der Waals surface area contributed by atoms with Crippen LogP contribution in [-0.4, -0.2) is 17.4 Å². The molecule has 0 aliphatic rings. The normalized spacial score (nSPS) is 12.3. The number of rotatable bonds is 4. The van der Waals surface area contributed by atoms with Crippen LogP contribution >= 0.6 is 22.7 Å². The van der Waals surface area contributed by atoms with E-state index in [2.05, 4.69) is 17.2 Å². The molecule has 0 fully saturated rings. The zero-order valence-electron chi connectivity index (χ0n) is 8.84. The third-order valence-corrected chi connectivity index (χ3v) is 4.06. The first-order valence-electron chi connectivity index (χ1n) is 4.98. The summed E-state index contributed by atoms with van der Waals surface area (Å²) in [6.45, 7) is 2.69. The van der Waals surface area contributed by atoms with Crippen LogP contribution in [0.2, 0.25) is 0 Å². The largest absolute Gasteiger partial charge is 0.351 e. The Bertz CT molecular complexity index is 437. The maximum absolute atomic E-state index is 11.7. The van der Waals surface area contributed by atoms with Crippen LogP contribution in [0.15, 0.2) is 29.1 Å². The fourth-order valence-corrected chi connectivity index (χ4v) is 2.64. The maximum Gasteiger partial charge on any atom is 0.261 e. The van der Waals surface area contributed by atoms with Crippen molar-refractivity contribution in [2.24, 2.45) is 0 Å². The number of amides is 1. The molecule has 5 heteroatoms. The zero-order chi connectivity index (χ0) is 11.4. The molecule has 1 N–H and O–H groups in total. The van der Waals surface area contributed by atoms with Crippen molar-refractivity contribution in [2.45, 2.75) is 12.8 Å². The second-order valence-electron chi connectivity index (χ2n) is 3.46. The van der Waals surface area contributed by atoms with E-state index < -0.39 is 0 Å². The van der Waals surface area contributed by atoms with Crippen LogP contribution in [-0.2, 0) is 0 Å². The number of nitrogens with one attached hydrogen (secondary N) is 1. The Hall–Kier alpha value is -1.20. The van der Waals surface area contributed by atoms with Crippen molar-refractivity contribution in [2.75, 3.05) is 6.54 Å². The maximum atomic E-state index is 11.7. The first-order chi connectivity index (χ1) is 7.77. The lowest BCUT2D eigenvalue weighted by Gasteiger charge is -2.08. The van der Waals surface area contributed by atoms with Crippen molar-refractivity contribution >= 4 is 28.6 Å². The molecule has 1 amide bonds. The SMILES string of the molecule is CC(CNC(=O)c1cccs1)c1nccs1. The molecule has 2 heterocycles. The molecular weight excluding hydrogens is 240 g/mol. The minimum absolute atomic E-state index is 0.00148. The van der Waals surface area contributed by atoms with Gasteiger partial charge in [0.25, 0.3) is 5.91 Å². The van der Waals surface area contributed by atoms with Crippen molar-refractivity contribution in [1.29, 1.82) is 0 Å². The van der Waals surface area contributed by atoms with Gasteiger partial charge in [-0.25, -0.2) is 4.98 Å². The third-order valence-electron chi connectivity index (χ3n) is 2.19. The Morgan fingerprint density at radius 1 is 1.50 bits per heavy atom. The van der Waals surface area contributed by atoms with Crippen molar-refractivity contribution in [3.63, 3.8) is 0 Å². The van der Waals surface area contributed by atoms with Crippen molar-refractivity contribution in [1.82, 2.24) is 10.3 Å². The van der Waals surface area contributed by atoms with Crippen LogP contribution in [0, 0.1) is 0 Å². The summed E-state index contributed by atoms with van der Waals surface area (Å²) >= 11 is 3.08. The smallest absolute Gasteiger partial charge is 0.261 e. The minimum Gasteiger partial charge on any atom is -0.351 e. The zero-order valence-corrected chi connectivity index (χ0v) is 10.5. The van der Waals surface area contributed by atoms with E-state index >= 15 is 0 Å². The second kappa shape index (κ2) is 5.23. The number of aromatic nitrogens is 1. The lowest BCUT2D eigenvalue weighted by molar-refractivity contribution is 0.0955. The summed E-state index contributed by atoms with van der Waals surface area (Å²) in [5, 5.41) is 7.83. The van der Waals surface area contributed by atoms with Gasteiger partial charge in [-0.15, -0.1) is 22.7 Å². The van der Waals surface area contributed by atoms with Gasteiger partial charge in [-0.2, -0.15) is 0 Å². The monoisotopic (exact) mass is 252 g/mol. The first kappa shape index (κ1) is 11.3. The van der Waals surface area contributed by atoms with Crippen LogP contribution in [0.25, 0.3) is 0 Å². The fraction of sp³-hybridized carbons (Fsp3) is 0.273. The van der Waals surface area contributed by atoms with E-state index in [1.165, 1.54) is 11.3 Å². The minimum atomic E-state index is -0.00148. The molecule has 2 rings (SSSR count). The molecule has 2 aromatic rings. The highest BCUT2D eigenvalue weighted by molar-refractivity contribution is 7.12. The van der Waals surface area contributed by atoms with E-state index in [1.807, 2.05) is 22.9 Å². The number of carbonyl (C=O) groups excluding carboxylic acids is 1. The van der Waals surface area contributed by atoms with Gasteiger partial charge in [-0.3, -0.25) is 4.79 Å². The number of hydrogen-bond acceptors (Lipinski definition) is 4. The number of carbonyl (C=O) groups is 1. The van der Waals surface area contributed by atoms with Gasteiger partial charge in [0.15, 0.2) is 0 Å². The highest BCUT2D eigenvalue weighted by Gasteiger charge is 2.11. The van der Waals surface area contributed by atoms with E-state index in [-0.39, 0.29) is 11.8 Å². The highest BCUT2D eigenvalue weighted by Crippen LogP contribution is 2.16. The molecule has 16 heavy (non-hydrogen) atoms. The average molecular weight is 252 g/mol. The lowest BCUT2D eigenvalue weighted by Crippen LogP contribution is -2.26. The molecule has 84 valence electrons. The predicted octanol–water partition coefficient (Wildman–Crippen LogP) is 2.74. The van der Waals surface area contributed by atoms with Crippen molar-refractivity contribution in [3.05, 3.63) is 39.0 Å². The van der Waals surface area contributed by atoms with Crippen LogP contribution in [0.4, 0.5) is 0 Å². The molecule has 0 bridgehead atoms. The van der Waals surface area contributed by atoms with Crippen LogP contribution in [0.3, 0.4) is 0 Å². The van der Waals surface area contributed by atoms with E-state index in [0.717, 1.165) is 9.88 Å². The Kier molecular flexibility index (Phi) is 3.69. The van der Waals surface area contributed by atoms with Gasteiger partial charge in [-0.05, 0) is 11.4 Å². The summed E-state index contributed by atoms with van der Waals surface area (Å²) < 4.78 is 0. The van der Waals surface area contributed by atoms with Crippen LogP contribution < -0.4 is 5.32 Å². The second-order valence-corrected chi connectivity index (χ2v) is 5.33. The van der Waals surface area contributed by atoms with Crippen LogP contribution in [0.1, 0.15) is 27.5 Å². The summed E-state index contributed by atoms with van der Waals surface area (Å²) in [5.74, 6) is 0.266. The van der Waals surface area contributed by atoms with Gasteiger partial charge in [0.1, 0.15) is 0 Å². The Morgan fingerprint density at radius 2 is 2.38 bits per heavy atom. The number of hydrogen-bond donors (Lipinski definition) is 1. The van der Waals surface area contributed by atoms with E-state index in [0.29, 0.717) is 6.54 Å². The number of thiophene rings is 1. The van der Waals surface area contributed by atoms with Gasteiger partial charge in [-0.1, -0.05) is 13.0 Å². The summed E-state index contributed by atoms with van der Waals surface area (Å²) in [4.78, 5) is 16.6. The van der Waals surface area contributed by atoms with E-state index in [4.69, 9.17) is 0 Å². The molecular formula is C11H12N2OS2. The fourth-order valence-electron chi connectivity index (χ4n) is 1.31. The summed E-state index contributed by atoms with van der Waals surface area (Å²) in [5.41, 5.74) is 0. The molecule has 0 radical (unpaired) electrons. The van der Waals surface area contributed by atoms with E-state index in [1.54, 1.807) is 17.5 Å². The first-order valence-corrected chi connectivity index (χ1v) is 6.74. The molecule has 0 saturated heterocycles. The predicted molar refractivity (Wildman–Crippen MR) is 67.2 cm³/mol. The Labute approximate surface area is 102 Å². The summed E-state index contributed by atoms with van der Waals surface area (Å²) in [7, 11) is 0. The van der Waals surface area contributed by atoms with Crippen LogP contribution in [0.5, 0.6) is 0 Å². The highest BCUT2D eigenvalue weighted by atomic mass is 32.1. The molecule has 2 aromatic heterocycles. The topological polar surface area (TPSA) is 42.0 Å². The molecule has 0 spiro atoms. The van der Waals surface area contributed by atoms with Gasteiger partial charge in [0.05, 0.1) is 9.88 Å². The van der Waals surface area contributed by atoms with E-state index in [9.17, 15) is 4.79 Å².